The highest BCUT2D eigenvalue weighted by Gasteiger charge is 2.19. The summed E-state index contributed by atoms with van der Waals surface area (Å²) in [4.78, 5) is 38.0. The number of carbonyl (C=O) groups is 3. The topological polar surface area (TPSA) is 78.9 Å². The normalized spacial score (nSPS) is 12.1. The third kappa shape index (κ3) is 60.8. The highest BCUT2D eigenvalue weighted by molar-refractivity contribution is 5.71. The summed E-state index contributed by atoms with van der Waals surface area (Å²) >= 11 is 0. The number of unbranched alkanes of at least 4 members (excludes halogenated alkanes) is 47. The summed E-state index contributed by atoms with van der Waals surface area (Å²) in [5.74, 6) is -0.856. The molecule has 0 saturated heterocycles. The van der Waals surface area contributed by atoms with Crippen LogP contribution in [0.3, 0.4) is 0 Å². The maximum Gasteiger partial charge on any atom is 0.306 e. The number of hydrogen-bond acceptors (Lipinski definition) is 6. The van der Waals surface area contributed by atoms with Crippen LogP contribution in [-0.4, -0.2) is 37.2 Å². The zero-order chi connectivity index (χ0) is 53.6. The molecule has 1 atom stereocenters. The number of allylic oxidation sites excluding steroid dienone is 4. The van der Waals surface area contributed by atoms with Crippen molar-refractivity contribution in [3.63, 3.8) is 0 Å². The van der Waals surface area contributed by atoms with Crippen molar-refractivity contribution in [1.29, 1.82) is 0 Å². The Morgan fingerprint density at radius 2 is 0.446 bits per heavy atom. The van der Waals surface area contributed by atoms with Crippen LogP contribution in [0.1, 0.15) is 374 Å². The van der Waals surface area contributed by atoms with Gasteiger partial charge < -0.3 is 14.2 Å². The molecule has 0 N–H and O–H groups in total. The molecule has 0 saturated carbocycles. The zero-order valence-corrected chi connectivity index (χ0v) is 50.1. The fraction of sp³-hybridized carbons (Fsp3) is 0.897. The fourth-order valence-electron chi connectivity index (χ4n) is 10.1. The third-order valence-corrected chi connectivity index (χ3v) is 15.2. The minimum Gasteiger partial charge on any atom is -0.462 e. The van der Waals surface area contributed by atoms with Crippen molar-refractivity contribution in [1.82, 2.24) is 0 Å². The van der Waals surface area contributed by atoms with Gasteiger partial charge in [0, 0.05) is 19.3 Å². The van der Waals surface area contributed by atoms with E-state index in [0.29, 0.717) is 19.3 Å². The van der Waals surface area contributed by atoms with Gasteiger partial charge in [0.1, 0.15) is 13.2 Å². The van der Waals surface area contributed by atoms with E-state index in [9.17, 15) is 14.4 Å². The smallest absolute Gasteiger partial charge is 0.306 e. The van der Waals surface area contributed by atoms with Crippen molar-refractivity contribution < 1.29 is 28.6 Å². The van der Waals surface area contributed by atoms with E-state index >= 15 is 0 Å². The molecule has 0 amide bonds. The first-order valence-electron chi connectivity index (χ1n) is 33.3. The van der Waals surface area contributed by atoms with Crippen molar-refractivity contribution in [3.8, 4) is 0 Å². The molecule has 436 valence electrons. The lowest BCUT2D eigenvalue weighted by Gasteiger charge is -2.18. The summed E-state index contributed by atoms with van der Waals surface area (Å²) < 4.78 is 16.8. The second kappa shape index (κ2) is 63.4. The van der Waals surface area contributed by atoms with Gasteiger partial charge in [0.2, 0.25) is 0 Å². The predicted octanol–water partition coefficient (Wildman–Crippen LogP) is 22.6. The molecule has 0 aliphatic carbocycles. The summed E-state index contributed by atoms with van der Waals surface area (Å²) in [7, 11) is 0. The molecule has 0 radical (unpaired) electrons. The molecule has 0 fully saturated rings. The molecule has 0 bridgehead atoms. The second-order valence-electron chi connectivity index (χ2n) is 22.7. The van der Waals surface area contributed by atoms with Crippen LogP contribution in [0.4, 0.5) is 0 Å². The number of ether oxygens (including phenoxy) is 3. The lowest BCUT2D eigenvalue weighted by atomic mass is 10.0. The van der Waals surface area contributed by atoms with Crippen molar-refractivity contribution in [2.75, 3.05) is 13.2 Å². The fourth-order valence-corrected chi connectivity index (χ4v) is 10.1. The van der Waals surface area contributed by atoms with E-state index < -0.39 is 6.10 Å². The van der Waals surface area contributed by atoms with Gasteiger partial charge in [0.05, 0.1) is 0 Å². The molecule has 0 aliphatic rings. The Kier molecular flexibility index (Phi) is 61.6. The van der Waals surface area contributed by atoms with Gasteiger partial charge in [-0.25, -0.2) is 0 Å². The quantitative estimate of drug-likeness (QED) is 0.0261. The van der Waals surface area contributed by atoms with Crippen molar-refractivity contribution in [2.45, 2.75) is 380 Å². The number of hydrogen-bond donors (Lipinski definition) is 0. The van der Waals surface area contributed by atoms with Crippen molar-refractivity contribution >= 4 is 17.9 Å². The maximum atomic E-state index is 12.8. The summed E-state index contributed by atoms with van der Waals surface area (Å²) in [5.41, 5.74) is 0. The predicted molar refractivity (Wildman–Crippen MR) is 321 cm³/mol. The van der Waals surface area contributed by atoms with Crippen LogP contribution in [0, 0.1) is 0 Å². The van der Waals surface area contributed by atoms with E-state index in [1.54, 1.807) is 0 Å². The minimum absolute atomic E-state index is 0.0671. The molecule has 74 heavy (non-hydrogen) atoms. The Balaban J connectivity index is 3.95. The van der Waals surface area contributed by atoms with E-state index in [1.807, 2.05) is 0 Å². The highest BCUT2D eigenvalue weighted by atomic mass is 16.6. The molecule has 0 rings (SSSR count). The van der Waals surface area contributed by atoms with Crippen LogP contribution in [0.15, 0.2) is 24.3 Å². The number of rotatable bonds is 62. The van der Waals surface area contributed by atoms with E-state index in [4.69, 9.17) is 14.2 Å². The van der Waals surface area contributed by atoms with E-state index in [1.165, 1.54) is 276 Å². The Bertz CT molecular complexity index is 1190. The van der Waals surface area contributed by atoms with Crippen LogP contribution in [0.2, 0.25) is 0 Å². The van der Waals surface area contributed by atoms with Crippen LogP contribution in [0.25, 0.3) is 0 Å². The molecular formula is C68H128O6. The monoisotopic (exact) mass is 1040 g/mol. The average molecular weight is 1040 g/mol. The molecule has 0 aromatic carbocycles. The Morgan fingerprint density at radius 3 is 0.676 bits per heavy atom. The van der Waals surface area contributed by atoms with Gasteiger partial charge in [-0.3, -0.25) is 14.4 Å². The zero-order valence-electron chi connectivity index (χ0n) is 50.1. The molecule has 0 heterocycles. The number of esters is 3. The Hall–Kier alpha value is -2.11. The average Bonchev–Trinajstić information content (AvgIpc) is 3.40. The van der Waals surface area contributed by atoms with Gasteiger partial charge >= 0.3 is 17.9 Å². The molecule has 6 heteroatoms. The van der Waals surface area contributed by atoms with Gasteiger partial charge in [0.15, 0.2) is 6.10 Å². The number of carbonyl (C=O) groups excluding carboxylic acids is 3. The maximum absolute atomic E-state index is 12.8. The van der Waals surface area contributed by atoms with Gasteiger partial charge in [-0.05, 0) is 70.6 Å². The summed E-state index contributed by atoms with van der Waals surface area (Å²) in [5, 5.41) is 0. The largest absolute Gasteiger partial charge is 0.462 e. The van der Waals surface area contributed by atoms with Gasteiger partial charge in [-0.1, -0.05) is 308 Å². The van der Waals surface area contributed by atoms with Crippen molar-refractivity contribution in [3.05, 3.63) is 24.3 Å². The van der Waals surface area contributed by atoms with Gasteiger partial charge in [-0.2, -0.15) is 0 Å². The standard InChI is InChI=1S/C68H128O6/c1-4-7-10-13-16-18-20-22-24-26-28-29-30-31-32-33-34-35-36-37-38-39-41-42-44-46-48-50-52-55-58-61-67(70)73-64-65(63-72-66(69)60-57-54-15-12-9-6-3)74-68(71)62-59-56-53-51-49-47-45-43-40-27-25-23-21-19-17-14-11-8-5-2/h23,25-26,28,65H,4-22,24,27,29-64H2,1-3H3/b25-23-,28-26-. The Labute approximate surface area is 462 Å². The van der Waals surface area contributed by atoms with Crippen LogP contribution in [-0.2, 0) is 28.6 Å². The second-order valence-corrected chi connectivity index (χ2v) is 22.7. The van der Waals surface area contributed by atoms with E-state index in [0.717, 1.165) is 57.8 Å². The molecule has 0 aromatic heterocycles. The molecular weight excluding hydrogens is 913 g/mol. The lowest BCUT2D eigenvalue weighted by molar-refractivity contribution is -0.167. The van der Waals surface area contributed by atoms with Crippen LogP contribution < -0.4 is 0 Å². The first kappa shape index (κ1) is 71.9. The van der Waals surface area contributed by atoms with Crippen LogP contribution in [0.5, 0.6) is 0 Å². The lowest BCUT2D eigenvalue weighted by Crippen LogP contribution is -2.30. The SMILES string of the molecule is CCCCCCCC/C=C\CCCCCCCCCCCC(=O)OC(COC(=O)CCCCCCCC)COC(=O)CCCCCCCCCCCCCCCCCCCCC/C=C\CCCCCCCCCC. The van der Waals surface area contributed by atoms with E-state index in [-0.39, 0.29) is 31.1 Å². The van der Waals surface area contributed by atoms with Crippen LogP contribution >= 0.6 is 0 Å². The molecule has 0 spiro atoms. The molecule has 0 aromatic rings. The third-order valence-electron chi connectivity index (χ3n) is 15.2. The summed E-state index contributed by atoms with van der Waals surface area (Å²) in [6.45, 7) is 6.63. The Morgan fingerprint density at radius 1 is 0.257 bits per heavy atom. The van der Waals surface area contributed by atoms with Gasteiger partial charge in [-0.15, -0.1) is 0 Å². The first-order valence-corrected chi connectivity index (χ1v) is 33.3. The van der Waals surface area contributed by atoms with Crippen molar-refractivity contribution in [2.24, 2.45) is 0 Å². The first-order chi connectivity index (χ1) is 36.5. The highest BCUT2D eigenvalue weighted by Crippen LogP contribution is 2.18. The summed E-state index contributed by atoms with van der Waals surface area (Å²) in [6, 6.07) is 0. The summed E-state index contributed by atoms with van der Waals surface area (Å²) in [6.07, 6.45) is 76.7. The van der Waals surface area contributed by atoms with E-state index in [2.05, 4.69) is 45.1 Å². The minimum atomic E-state index is -0.766. The molecule has 0 aliphatic heterocycles. The van der Waals surface area contributed by atoms with Gasteiger partial charge in [0.25, 0.3) is 0 Å². The molecule has 6 nitrogen and oxygen atoms in total. The molecule has 1 unspecified atom stereocenters.